The maximum atomic E-state index is 13.1. The van der Waals surface area contributed by atoms with E-state index >= 15 is 0 Å². The topological polar surface area (TPSA) is 14.1 Å². The predicted molar refractivity (Wildman–Crippen MR) is 45.2 cm³/mol. The van der Waals surface area contributed by atoms with Gasteiger partial charge in [0.15, 0.2) is 5.69 Å². The molecule has 0 aliphatic rings. The number of benzene rings is 1. The Labute approximate surface area is 93.0 Å². The van der Waals surface area contributed by atoms with E-state index in [0.29, 0.717) is 5.39 Å². The summed E-state index contributed by atoms with van der Waals surface area (Å²) in [6.45, 7) is 1.95. The minimum absolute atomic E-state index is 0. The predicted octanol–water partition coefficient (Wildman–Crippen LogP) is -0.895. The molecular formula is C10H9FIN. The quantitative estimate of drug-likeness (QED) is 0.559. The second kappa shape index (κ2) is 4.00. The first-order chi connectivity index (χ1) is 5.77. The Bertz CT molecular complexity index is 428. The molecule has 0 radical (unpaired) electrons. The normalized spacial score (nSPS) is 9.69. The zero-order chi connectivity index (χ0) is 8.55. The van der Waals surface area contributed by atoms with Crippen molar-refractivity contribution < 1.29 is 33.4 Å². The summed E-state index contributed by atoms with van der Waals surface area (Å²) < 4.78 is 13.1. The Morgan fingerprint density at radius 3 is 2.69 bits per heavy atom. The van der Waals surface area contributed by atoms with Gasteiger partial charge in [0.05, 0.1) is 5.39 Å². The molecule has 0 aliphatic heterocycles. The lowest BCUT2D eigenvalue weighted by molar-refractivity contribution is -0.354. The molecule has 1 N–H and O–H groups in total. The Morgan fingerprint density at radius 2 is 1.92 bits per heavy atom. The van der Waals surface area contributed by atoms with Crippen molar-refractivity contribution in [2.24, 2.45) is 0 Å². The summed E-state index contributed by atoms with van der Waals surface area (Å²) in [6, 6.07) is 8.69. The molecule has 1 aromatic heterocycles. The molecule has 1 aromatic carbocycles. The monoisotopic (exact) mass is 289 g/mol. The Hall–Kier alpha value is -0.710. The first kappa shape index (κ1) is 10.4. The highest BCUT2D eigenvalue weighted by Gasteiger charge is 2.04. The molecule has 0 aliphatic carbocycles. The van der Waals surface area contributed by atoms with Crippen LogP contribution in [0.3, 0.4) is 0 Å². The number of rotatable bonds is 0. The molecule has 0 bridgehead atoms. The number of nitrogens with one attached hydrogen (secondary N) is 1. The summed E-state index contributed by atoms with van der Waals surface area (Å²) in [5, 5.41) is 0.642. The van der Waals surface area contributed by atoms with Gasteiger partial charge in [-0.15, -0.1) is 0 Å². The second-order valence-corrected chi connectivity index (χ2v) is 2.84. The third-order valence-corrected chi connectivity index (χ3v) is 1.88. The van der Waals surface area contributed by atoms with Gasteiger partial charge in [0, 0.05) is 19.1 Å². The summed E-state index contributed by atoms with van der Waals surface area (Å²) >= 11 is 0. The lowest BCUT2D eigenvalue weighted by atomic mass is 10.2. The number of pyridine rings is 1. The van der Waals surface area contributed by atoms with Crippen molar-refractivity contribution in [3.05, 3.63) is 41.8 Å². The molecular weight excluding hydrogens is 280 g/mol. The fraction of sp³-hybridized carbons (Fsp3) is 0.100. The number of fused-ring (bicyclic) bond motifs is 1. The van der Waals surface area contributed by atoms with Crippen molar-refractivity contribution in [2.45, 2.75) is 6.92 Å². The SMILES string of the molecule is Cc1ccc2c(F)cccc2[nH+]1.[I-]. The van der Waals surface area contributed by atoms with Crippen molar-refractivity contribution in [1.29, 1.82) is 0 Å². The standard InChI is InChI=1S/C10H8FN.HI/c1-7-5-6-8-9(11)3-2-4-10(8)12-7;/h2-6H,1H3;1H. The maximum absolute atomic E-state index is 13.1. The van der Waals surface area contributed by atoms with Gasteiger partial charge in [-0.3, -0.25) is 0 Å². The summed E-state index contributed by atoms with van der Waals surface area (Å²) in [7, 11) is 0. The number of hydrogen-bond donors (Lipinski definition) is 0. The highest BCUT2D eigenvalue weighted by atomic mass is 127. The van der Waals surface area contributed by atoms with Gasteiger partial charge in [0.25, 0.3) is 0 Å². The molecule has 0 atom stereocenters. The average Bonchev–Trinajstić information content (AvgIpc) is 2.04. The third kappa shape index (κ3) is 1.96. The first-order valence-electron chi connectivity index (χ1n) is 3.84. The molecule has 3 heteroatoms. The van der Waals surface area contributed by atoms with E-state index in [9.17, 15) is 4.39 Å². The zero-order valence-corrected chi connectivity index (χ0v) is 9.30. The molecule has 1 nitrogen and oxygen atoms in total. The van der Waals surface area contributed by atoms with E-state index in [2.05, 4.69) is 4.98 Å². The van der Waals surface area contributed by atoms with Crippen molar-refractivity contribution in [2.75, 3.05) is 0 Å². The van der Waals surface area contributed by atoms with Gasteiger partial charge < -0.3 is 24.0 Å². The van der Waals surface area contributed by atoms with E-state index in [0.717, 1.165) is 11.2 Å². The summed E-state index contributed by atoms with van der Waals surface area (Å²) in [6.07, 6.45) is 0. The number of aromatic nitrogens is 1. The van der Waals surface area contributed by atoms with Crippen molar-refractivity contribution >= 4 is 10.9 Å². The van der Waals surface area contributed by atoms with Crippen LogP contribution in [-0.2, 0) is 0 Å². The van der Waals surface area contributed by atoms with E-state index in [1.807, 2.05) is 19.1 Å². The van der Waals surface area contributed by atoms with Crippen LogP contribution in [0.4, 0.5) is 4.39 Å². The molecule has 0 saturated carbocycles. The molecule has 0 spiro atoms. The molecule has 0 fully saturated rings. The van der Waals surface area contributed by atoms with Gasteiger partial charge >= 0.3 is 0 Å². The maximum Gasteiger partial charge on any atom is 0.213 e. The van der Waals surface area contributed by atoms with E-state index in [1.165, 1.54) is 6.07 Å². The lowest BCUT2D eigenvalue weighted by Gasteiger charge is -1.93. The number of halogens is 2. The average molecular weight is 289 g/mol. The van der Waals surface area contributed by atoms with Crippen molar-refractivity contribution in [3.8, 4) is 0 Å². The Morgan fingerprint density at radius 1 is 1.15 bits per heavy atom. The fourth-order valence-electron chi connectivity index (χ4n) is 1.28. The molecule has 0 saturated heterocycles. The first-order valence-corrected chi connectivity index (χ1v) is 3.84. The zero-order valence-electron chi connectivity index (χ0n) is 7.14. The molecule has 68 valence electrons. The minimum Gasteiger partial charge on any atom is -1.00 e. The van der Waals surface area contributed by atoms with Crippen LogP contribution in [0.5, 0.6) is 0 Å². The van der Waals surface area contributed by atoms with Gasteiger partial charge in [0.1, 0.15) is 5.82 Å². The van der Waals surface area contributed by atoms with E-state index < -0.39 is 0 Å². The van der Waals surface area contributed by atoms with Crippen molar-refractivity contribution in [3.63, 3.8) is 0 Å². The van der Waals surface area contributed by atoms with Crippen molar-refractivity contribution in [1.82, 2.24) is 0 Å². The van der Waals surface area contributed by atoms with Crippen LogP contribution in [0, 0.1) is 12.7 Å². The lowest BCUT2D eigenvalue weighted by Crippen LogP contribution is -3.00. The Balaban J connectivity index is 0.000000845. The van der Waals surface area contributed by atoms with Crippen LogP contribution in [0.1, 0.15) is 5.69 Å². The van der Waals surface area contributed by atoms with Crippen LogP contribution < -0.4 is 29.0 Å². The fourth-order valence-corrected chi connectivity index (χ4v) is 1.28. The van der Waals surface area contributed by atoms with Gasteiger partial charge in [-0.05, 0) is 12.1 Å². The number of aryl methyl sites for hydroxylation is 1. The van der Waals surface area contributed by atoms with Crippen LogP contribution in [0.15, 0.2) is 30.3 Å². The van der Waals surface area contributed by atoms with Gasteiger partial charge in [-0.1, -0.05) is 6.07 Å². The van der Waals surface area contributed by atoms with Gasteiger partial charge in [-0.2, -0.15) is 0 Å². The van der Waals surface area contributed by atoms with Crippen LogP contribution in [0.25, 0.3) is 10.9 Å². The summed E-state index contributed by atoms with van der Waals surface area (Å²) in [5.74, 6) is -0.177. The highest BCUT2D eigenvalue weighted by Crippen LogP contribution is 2.12. The van der Waals surface area contributed by atoms with E-state index in [4.69, 9.17) is 0 Å². The number of hydrogen-bond acceptors (Lipinski definition) is 0. The van der Waals surface area contributed by atoms with E-state index in [-0.39, 0.29) is 29.8 Å². The largest absolute Gasteiger partial charge is 1.00 e. The Kier molecular flexibility index (Phi) is 3.19. The smallest absolute Gasteiger partial charge is 0.213 e. The molecule has 2 rings (SSSR count). The molecule has 1 heterocycles. The van der Waals surface area contributed by atoms with Gasteiger partial charge in [0.2, 0.25) is 5.52 Å². The number of H-pyrrole nitrogens is 1. The van der Waals surface area contributed by atoms with Gasteiger partial charge in [-0.25, -0.2) is 9.37 Å². The molecule has 0 unspecified atom stereocenters. The number of aromatic amines is 1. The van der Waals surface area contributed by atoms with Crippen LogP contribution >= 0.6 is 0 Å². The third-order valence-electron chi connectivity index (χ3n) is 1.88. The molecule has 13 heavy (non-hydrogen) atoms. The molecule has 0 amide bonds. The highest BCUT2D eigenvalue weighted by molar-refractivity contribution is 5.75. The van der Waals surface area contributed by atoms with E-state index in [1.54, 1.807) is 12.1 Å². The molecule has 2 aromatic rings. The van der Waals surface area contributed by atoms with Crippen LogP contribution in [-0.4, -0.2) is 0 Å². The summed E-state index contributed by atoms with van der Waals surface area (Å²) in [5.41, 5.74) is 1.88. The minimum atomic E-state index is -0.177. The van der Waals surface area contributed by atoms with Crippen LogP contribution in [0.2, 0.25) is 0 Å². The second-order valence-electron chi connectivity index (χ2n) is 2.84. The summed E-state index contributed by atoms with van der Waals surface area (Å²) in [4.78, 5) is 3.09.